The molecule has 0 spiro atoms. The summed E-state index contributed by atoms with van der Waals surface area (Å²) in [5.74, 6) is -0.964. The van der Waals surface area contributed by atoms with Gasteiger partial charge >= 0.3 is 5.97 Å². The lowest BCUT2D eigenvalue weighted by atomic mass is 9.83. The first-order chi connectivity index (χ1) is 7.43. The molecule has 0 radical (unpaired) electrons. The van der Waals surface area contributed by atoms with Gasteiger partial charge in [0.05, 0.1) is 12.5 Å². The Hall–Kier alpha value is -1.12. The monoisotopic (exact) mass is 226 g/mol. The van der Waals surface area contributed by atoms with Crippen LogP contribution in [0.2, 0.25) is 0 Å². The average molecular weight is 226 g/mol. The first-order valence-corrected chi connectivity index (χ1v) is 5.71. The van der Waals surface area contributed by atoms with E-state index in [9.17, 15) is 9.59 Å². The van der Waals surface area contributed by atoms with Gasteiger partial charge in [-0.3, -0.25) is 4.79 Å². The number of ether oxygens (including phenoxy) is 1. The number of carbonyl (C=O) groups is 2. The van der Waals surface area contributed by atoms with Gasteiger partial charge in [-0.2, -0.15) is 0 Å². The third-order valence-corrected chi connectivity index (χ3v) is 2.37. The van der Waals surface area contributed by atoms with Gasteiger partial charge in [0.1, 0.15) is 6.29 Å². The van der Waals surface area contributed by atoms with Gasteiger partial charge in [0, 0.05) is 5.92 Å². The first kappa shape index (κ1) is 14.9. The molecule has 0 rings (SSSR count). The number of hydrogen-bond donors (Lipinski definition) is 0. The minimum atomic E-state index is -0.385. The molecule has 3 nitrogen and oxygen atoms in total. The number of rotatable bonds is 6. The second kappa shape index (κ2) is 7.20. The lowest BCUT2D eigenvalue weighted by molar-refractivity contribution is -0.152. The molecule has 0 aliphatic rings. The summed E-state index contributed by atoms with van der Waals surface area (Å²) < 4.78 is 5.00. The zero-order valence-corrected chi connectivity index (χ0v) is 10.8. The van der Waals surface area contributed by atoms with Crippen LogP contribution in [0, 0.1) is 17.8 Å². The van der Waals surface area contributed by atoms with Crippen LogP contribution in [0.1, 0.15) is 34.6 Å². The Bertz CT molecular complexity index is 262. The van der Waals surface area contributed by atoms with E-state index < -0.39 is 0 Å². The summed E-state index contributed by atoms with van der Waals surface area (Å²) >= 11 is 0. The molecule has 0 aromatic heterocycles. The van der Waals surface area contributed by atoms with Crippen molar-refractivity contribution in [3.05, 3.63) is 11.6 Å². The topological polar surface area (TPSA) is 43.4 Å². The van der Waals surface area contributed by atoms with Crippen LogP contribution in [0.4, 0.5) is 0 Å². The van der Waals surface area contributed by atoms with Crippen molar-refractivity contribution in [1.82, 2.24) is 0 Å². The number of allylic oxidation sites excluding steroid dienone is 2. The van der Waals surface area contributed by atoms with E-state index in [4.69, 9.17) is 4.74 Å². The molecule has 16 heavy (non-hydrogen) atoms. The Morgan fingerprint density at radius 1 is 1.31 bits per heavy atom. The van der Waals surface area contributed by atoms with Crippen molar-refractivity contribution in [3.8, 4) is 0 Å². The highest BCUT2D eigenvalue weighted by Gasteiger charge is 2.30. The molecule has 0 aliphatic carbocycles. The summed E-state index contributed by atoms with van der Waals surface area (Å²) in [7, 11) is 0. The van der Waals surface area contributed by atoms with Crippen LogP contribution in [-0.4, -0.2) is 18.9 Å². The largest absolute Gasteiger partial charge is 0.466 e. The second-order valence-corrected chi connectivity index (χ2v) is 4.48. The van der Waals surface area contributed by atoms with Gasteiger partial charge < -0.3 is 9.53 Å². The SMILES string of the molecule is CCOC(=O)C(C(C)C)C(C=O)C=C(C)C. The van der Waals surface area contributed by atoms with Crippen LogP contribution in [-0.2, 0) is 14.3 Å². The van der Waals surface area contributed by atoms with E-state index >= 15 is 0 Å². The highest BCUT2D eigenvalue weighted by atomic mass is 16.5. The van der Waals surface area contributed by atoms with Crippen molar-refractivity contribution >= 4 is 12.3 Å². The van der Waals surface area contributed by atoms with Crippen molar-refractivity contribution in [1.29, 1.82) is 0 Å². The summed E-state index contributed by atoms with van der Waals surface area (Å²) in [6, 6.07) is 0. The Labute approximate surface area is 97.9 Å². The van der Waals surface area contributed by atoms with E-state index in [1.54, 1.807) is 6.92 Å². The van der Waals surface area contributed by atoms with Gasteiger partial charge in [-0.1, -0.05) is 25.5 Å². The normalized spacial score (nSPS) is 14.1. The van der Waals surface area contributed by atoms with Gasteiger partial charge in [0.25, 0.3) is 0 Å². The van der Waals surface area contributed by atoms with Crippen molar-refractivity contribution in [2.75, 3.05) is 6.61 Å². The molecule has 0 N–H and O–H groups in total. The van der Waals surface area contributed by atoms with Crippen molar-refractivity contribution in [2.45, 2.75) is 34.6 Å². The number of hydrogen-bond acceptors (Lipinski definition) is 3. The molecule has 0 aromatic rings. The van der Waals surface area contributed by atoms with Crippen LogP contribution in [0.3, 0.4) is 0 Å². The van der Waals surface area contributed by atoms with Crippen molar-refractivity contribution in [3.63, 3.8) is 0 Å². The average Bonchev–Trinajstić information content (AvgIpc) is 2.15. The zero-order chi connectivity index (χ0) is 12.7. The van der Waals surface area contributed by atoms with Gasteiger partial charge in [0.15, 0.2) is 0 Å². The first-order valence-electron chi connectivity index (χ1n) is 5.71. The molecular formula is C13H22O3. The zero-order valence-electron chi connectivity index (χ0n) is 10.8. The van der Waals surface area contributed by atoms with E-state index in [2.05, 4.69) is 0 Å². The van der Waals surface area contributed by atoms with Crippen LogP contribution < -0.4 is 0 Å². The van der Waals surface area contributed by atoms with Crippen LogP contribution in [0.25, 0.3) is 0 Å². The van der Waals surface area contributed by atoms with Crippen LogP contribution in [0.15, 0.2) is 11.6 Å². The van der Waals surface area contributed by atoms with Gasteiger partial charge in [-0.25, -0.2) is 0 Å². The Kier molecular flexibility index (Phi) is 6.70. The number of carbonyl (C=O) groups excluding carboxylic acids is 2. The molecule has 0 saturated heterocycles. The number of aldehydes is 1. The molecule has 0 heterocycles. The van der Waals surface area contributed by atoms with E-state index in [0.29, 0.717) is 6.61 Å². The predicted octanol–water partition coefficient (Wildman–Crippen LogP) is 2.60. The van der Waals surface area contributed by atoms with Crippen LogP contribution in [0.5, 0.6) is 0 Å². The molecule has 0 amide bonds. The molecule has 0 saturated carbocycles. The van der Waals surface area contributed by atoms with Crippen molar-refractivity contribution < 1.29 is 14.3 Å². The Morgan fingerprint density at radius 2 is 1.88 bits per heavy atom. The van der Waals surface area contributed by atoms with E-state index in [0.717, 1.165) is 11.9 Å². The molecule has 2 unspecified atom stereocenters. The van der Waals surface area contributed by atoms with Gasteiger partial charge in [-0.05, 0) is 26.7 Å². The molecule has 92 valence electrons. The maximum absolute atomic E-state index is 11.8. The minimum Gasteiger partial charge on any atom is -0.466 e. The molecule has 3 heteroatoms. The van der Waals surface area contributed by atoms with E-state index in [1.807, 2.05) is 33.8 Å². The Morgan fingerprint density at radius 3 is 2.19 bits per heavy atom. The molecule has 0 aliphatic heterocycles. The third kappa shape index (κ3) is 4.60. The highest BCUT2D eigenvalue weighted by Crippen LogP contribution is 2.23. The predicted molar refractivity (Wildman–Crippen MR) is 63.9 cm³/mol. The Balaban J connectivity index is 4.93. The molecule has 0 bridgehead atoms. The maximum atomic E-state index is 11.8. The summed E-state index contributed by atoms with van der Waals surface area (Å²) in [5, 5.41) is 0. The fourth-order valence-corrected chi connectivity index (χ4v) is 1.72. The smallest absolute Gasteiger partial charge is 0.310 e. The second-order valence-electron chi connectivity index (χ2n) is 4.48. The van der Waals surface area contributed by atoms with Gasteiger partial charge in [0.2, 0.25) is 0 Å². The van der Waals surface area contributed by atoms with Crippen molar-refractivity contribution in [2.24, 2.45) is 17.8 Å². The molecular weight excluding hydrogens is 204 g/mol. The quantitative estimate of drug-likeness (QED) is 0.397. The fraction of sp³-hybridized carbons (Fsp3) is 0.692. The summed E-state index contributed by atoms with van der Waals surface area (Å²) in [4.78, 5) is 22.8. The lowest BCUT2D eigenvalue weighted by Crippen LogP contribution is -2.30. The third-order valence-electron chi connectivity index (χ3n) is 2.37. The minimum absolute atomic E-state index is 0.0878. The lowest BCUT2D eigenvalue weighted by Gasteiger charge is -2.22. The van der Waals surface area contributed by atoms with E-state index in [-0.39, 0.29) is 23.7 Å². The number of esters is 1. The fourth-order valence-electron chi connectivity index (χ4n) is 1.72. The van der Waals surface area contributed by atoms with Gasteiger partial charge in [-0.15, -0.1) is 0 Å². The highest BCUT2D eigenvalue weighted by molar-refractivity contribution is 5.78. The molecule has 0 fully saturated rings. The summed E-state index contributed by atoms with van der Waals surface area (Å²) in [5.41, 5.74) is 1.03. The standard InChI is InChI=1S/C13H22O3/c1-6-16-13(15)12(10(4)5)11(8-14)7-9(2)3/h7-8,10-12H,6H2,1-5H3. The summed E-state index contributed by atoms with van der Waals surface area (Å²) in [6.45, 7) is 9.81. The van der Waals surface area contributed by atoms with E-state index in [1.165, 1.54) is 0 Å². The summed E-state index contributed by atoms with van der Waals surface area (Å²) in [6.07, 6.45) is 2.66. The molecule has 2 atom stereocenters. The maximum Gasteiger partial charge on any atom is 0.310 e. The molecule has 0 aromatic carbocycles. The van der Waals surface area contributed by atoms with Crippen LogP contribution >= 0.6 is 0 Å².